The minimum Gasteiger partial charge on any atom is -0.466 e. The summed E-state index contributed by atoms with van der Waals surface area (Å²) in [5, 5.41) is 5.36. The zero-order valence-electron chi connectivity index (χ0n) is 17.8. The fourth-order valence-electron chi connectivity index (χ4n) is 3.46. The number of esters is 2. The highest BCUT2D eigenvalue weighted by molar-refractivity contribution is 7.15. The second-order valence-corrected chi connectivity index (χ2v) is 8.51. The smallest absolute Gasteiger partial charge is 0.341 e. The standard InChI is InChI=1S/C21H32N2O5S/c1-5-27-20(25)15-7-9-23(10-8-15)12-17(24)22-19-18(21(26)28-6-2)16(13-29-19)11-14(3)4/h13-15H,5-12H2,1-4H3,(H,22,24). The Kier molecular flexibility index (Phi) is 9.10. The van der Waals surface area contributed by atoms with Gasteiger partial charge in [-0.2, -0.15) is 0 Å². The molecule has 0 aliphatic carbocycles. The SMILES string of the molecule is CCOC(=O)c1c(CC(C)C)csc1NC(=O)CN1CCC(C(=O)OCC)CC1. The zero-order valence-corrected chi connectivity index (χ0v) is 18.6. The lowest BCUT2D eigenvalue weighted by molar-refractivity contribution is -0.149. The molecular formula is C21H32N2O5S. The Balaban J connectivity index is 1.96. The first-order chi connectivity index (χ1) is 13.8. The third-order valence-electron chi connectivity index (χ3n) is 4.80. The van der Waals surface area contributed by atoms with Crippen molar-refractivity contribution in [3.8, 4) is 0 Å². The van der Waals surface area contributed by atoms with Crippen LogP contribution in [0, 0.1) is 11.8 Å². The number of carbonyl (C=O) groups is 3. The zero-order chi connectivity index (χ0) is 21.4. The lowest BCUT2D eigenvalue weighted by atomic mass is 9.97. The van der Waals surface area contributed by atoms with Crippen molar-refractivity contribution in [1.29, 1.82) is 0 Å². The molecule has 1 saturated heterocycles. The summed E-state index contributed by atoms with van der Waals surface area (Å²) in [6.07, 6.45) is 2.14. The quantitative estimate of drug-likeness (QED) is 0.612. The van der Waals surface area contributed by atoms with E-state index < -0.39 is 5.97 Å². The van der Waals surface area contributed by atoms with Crippen LogP contribution >= 0.6 is 11.3 Å². The first kappa shape index (κ1) is 23.3. The van der Waals surface area contributed by atoms with E-state index in [1.165, 1.54) is 11.3 Å². The van der Waals surface area contributed by atoms with Crippen LogP contribution in [-0.2, 0) is 25.5 Å². The molecule has 0 bridgehead atoms. The second kappa shape index (κ2) is 11.3. The number of piperidine rings is 1. The van der Waals surface area contributed by atoms with Gasteiger partial charge in [0.15, 0.2) is 0 Å². The fourth-order valence-corrected chi connectivity index (χ4v) is 4.44. The monoisotopic (exact) mass is 424 g/mol. The molecule has 0 aromatic carbocycles. The van der Waals surface area contributed by atoms with Crippen LogP contribution in [0.3, 0.4) is 0 Å². The van der Waals surface area contributed by atoms with E-state index in [2.05, 4.69) is 19.2 Å². The van der Waals surface area contributed by atoms with Crippen molar-refractivity contribution in [2.24, 2.45) is 11.8 Å². The Bertz CT molecular complexity index is 708. The number of hydrogen-bond acceptors (Lipinski definition) is 7. The Labute approximate surface area is 176 Å². The van der Waals surface area contributed by atoms with Crippen molar-refractivity contribution >= 4 is 34.2 Å². The number of carbonyl (C=O) groups excluding carboxylic acids is 3. The number of likely N-dealkylation sites (tertiary alicyclic amines) is 1. The minimum absolute atomic E-state index is 0.0828. The number of ether oxygens (including phenoxy) is 2. The second-order valence-electron chi connectivity index (χ2n) is 7.63. The first-order valence-corrected chi connectivity index (χ1v) is 11.2. The predicted molar refractivity (Wildman–Crippen MR) is 113 cm³/mol. The maximum Gasteiger partial charge on any atom is 0.341 e. The fraction of sp³-hybridized carbons (Fsp3) is 0.667. The van der Waals surface area contributed by atoms with Gasteiger partial charge < -0.3 is 14.8 Å². The van der Waals surface area contributed by atoms with Crippen molar-refractivity contribution in [3.05, 3.63) is 16.5 Å². The number of thiophene rings is 1. The van der Waals surface area contributed by atoms with Gasteiger partial charge in [0.05, 0.1) is 31.2 Å². The molecule has 1 aromatic rings. The van der Waals surface area contributed by atoms with Crippen LogP contribution in [0.15, 0.2) is 5.38 Å². The normalized spacial score (nSPS) is 15.3. The molecule has 1 fully saturated rings. The molecule has 0 radical (unpaired) electrons. The molecule has 2 rings (SSSR count). The Morgan fingerprint density at radius 1 is 1.17 bits per heavy atom. The highest BCUT2D eigenvalue weighted by Gasteiger charge is 2.27. The lowest BCUT2D eigenvalue weighted by Gasteiger charge is -2.30. The maximum atomic E-state index is 12.6. The Morgan fingerprint density at radius 3 is 2.41 bits per heavy atom. The van der Waals surface area contributed by atoms with Crippen LogP contribution in [0.1, 0.15) is 56.5 Å². The number of nitrogens with one attached hydrogen (secondary N) is 1. The van der Waals surface area contributed by atoms with Gasteiger partial charge in [0, 0.05) is 0 Å². The largest absolute Gasteiger partial charge is 0.466 e. The van der Waals surface area contributed by atoms with Gasteiger partial charge in [-0.25, -0.2) is 4.79 Å². The maximum absolute atomic E-state index is 12.6. The molecule has 1 aliphatic heterocycles. The van der Waals surface area contributed by atoms with Crippen LogP contribution in [0.4, 0.5) is 5.00 Å². The first-order valence-electron chi connectivity index (χ1n) is 10.3. The van der Waals surface area contributed by atoms with E-state index in [-0.39, 0.29) is 24.3 Å². The summed E-state index contributed by atoms with van der Waals surface area (Å²) in [6, 6.07) is 0. The number of hydrogen-bond donors (Lipinski definition) is 1. The van der Waals surface area contributed by atoms with Crippen molar-refractivity contribution in [3.63, 3.8) is 0 Å². The molecule has 1 N–H and O–H groups in total. The summed E-state index contributed by atoms with van der Waals surface area (Å²) >= 11 is 1.36. The highest BCUT2D eigenvalue weighted by Crippen LogP contribution is 2.31. The molecule has 7 nitrogen and oxygen atoms in total. The lowest BCUT2D eigenvalue weighted by Crippen LogP contribution is -2.41. The Morgan fingerprint density at radius 2 is 1.83 bits per heavy atom. The summed E-state index contributed by atoms with van der Waals surface area (Å²) < 4.78 is 10.3. The molecule has 0 atom stereocenters. The van der Waals surface area contributed by atoms with Crippen molar-refractivity contribution in [2.45, 2.75) is 47.0 Å². The molecule has 1 aliphatic rings. The molecule has 0 unspecified atom stereocenters. The van der Waals surface area contributed by atoms with Crippen molar-refractivity contribution < 1.29 is 23.9 Å². The molecule has 8 heteroatoms. The van der Waals surface area contributed by atoms with E-state index in [1.807, 2.05) is 10.3 Å². The molecule has 1 amide bonds. The molecular weight excluding hydrogens is 392 g/mol. The molecule has 1 aromatic heterocycles. The van der Waals surface area contributed by atoms with Gasteiger partial charge in [-0.3, -0.25) is 14.5 Å². The van der Waals surface area contributed by atoms with E-state index in [1.54, 1.807) is 13.8 Å². The average Bonchev–Trinajstić information content (AvgIpc) is 3.04. The van der Waals surface area contributed by atoms with E-state index in [9.17, 15) is 14.4 Å². The summed E-state index contributed by atoms with van der Waals surface area (Å²) in [6.45, 7) is 10.0. The van der Waals surface area contributed by atoms with Gasteiger partial charge in [0.25, 0.3) is 0 Å². The van der Waals surface area contributed by atoms with Crippen LogP contribution in [0.5, 0.6) is 0 Å². The molecule has 162 valence electrons. The Hall–Kier alpha value is -1.93. The van der Waals surface area contributed by atoms with E-state index >= 15 is 0 Å². The van der Waals surface area contributed by atoms with Crippen LogP contribution in [-0.4, -0.2) is 55.6 Å². The molecule has 29 heavy (non-hydrogen) atoms. The minimum atomic E-state index is -0.394. The number of nitrogens with zero attached hydrogens (tertiary/aromatic N) is 1. The van der Waals surface area contributed by atoms with Gasteiger partial charge >= 0.3 is 11.9 Å². The molecule has 2 heterocycles. The molecule has 0 saturated carbocycles. The van der Waals surface area contributed by atoms with Crippen LogP contribution in [0.2, 0.25) is 0 Å². The van der Waals surface area contributed by atoms with E-state index in [0.29, 0.717) is 55.6 Å². The summed E-state index contributed by atoms with van der Waals surface area (Å²) in [5.74, 6) is -0.396. The van der Waals surface area contributed by atoms with Crippen molar-refractivity contribution in [2.75, 3.05) is 38.2 Å². The van der Waals surface area contributed by atoms with Gasteiger partial charge in [0.1, 0.15) is 5.00 Å². The van der Waals surface area contributed by atoms with Gasteiger partial charge in [-0.15, -0.1) is 11.3 Å². The third-order valence-corrected chi connectivity index (χ3v) is 5.75. The summed E-state index contributed by atoms with van der Waals surface area (Å²) in [4.78, 5) is 38.9. The molecule has 0 spiro atoms. The third kappa shape index (κ3) is 6.82. The van der Waals surface area contributed by atoms with Crippen LogP contribution in [0.25, 0.3) is 0 Å². The summed E-state index contributed by atoms with van der Waals surface area (Å²) in [5.41, 5.74) is 1.38. The van der Waals surface area contributed by atoms with Gasteiger partial charge in [0.2, 0.25) is 5.91 Å². The van der Waals surface area contributed by atoms with Gasteiger partial charge in [-0.05, 0) is 63.1 Å². The van der Waals surface area contributed by atoms with E-state index in [0.717, 1.165) is 12.0 Å². The van der Waals surface area contributed by atoms with Crippen LogP contribution < -0.4 is 5.32 Å². The van der Waals surface area contributed by atoms with E-state index in [4.69, 9.17) is 9.47 Å². The van der Waals surface area contributed by atoms with Crippen molar-refractivity contribution in [1.82, 2.24) is 4.90 Å². The predicted octanol–water partition coefficient (Wildman–Crippen LogP) is 3.34. The highest BCUT2D eigenvalue weighted by atomic mass is 32.1. The summed E-state index contributed by atoms with van der Waals surface area (Å²) in [7, 11) is 0. The number of amides is 1. The number of anilines is 1. The van der Waals surface area contributed by atoms with Gasteiger partial charge in [-0.1, -0.05) is 13.8 Å². The number of rotatable bonds is 9. The topological polar surface area (TPSA) is 84.9 Å². The average molecular weight is 425 g/mol.